The smallest absolute Gasteiger partial charge is 0.253 e. The van der Waals surface area contributed by atoms with Crippen molar-refractivity contribution in [1.29, 1.82) is 0 Å². The Morgan fingerprint density at radius 1 is 1.40 bits per heavy atom. The number of nitrogens with two attached hydrogens (primary N) is 1. The first kappa shape index (κ1) is 21.4. The zero-order valence-corrected chi connectivity index (χ0v) is 15.8. The Kier molecular flexibility index (Phi) is 7.86. The Labute approximate surface area is 155 Å². The third-order valence-electron chi connectivity index (χ3n) is 4.71. The minimum Gasteiger partial charge on any atom is -0.368 e. The summed E-state index contributed by atoms with van der Waals surface area (Å²) in [6.07, 6.45) is 1.23. The molecule has 0 aliphatic carbocycles. The highest BCUT2D eigenvalue weighted by atomic mass is 35.5. The summed E-state index contributed by atoms with van der Waals surface area (Å²) in [5, 5.41) is 5.80. The minimum atomic E-state index is -0.478. The van der Waals surface area contributed by atoms with Gasteiger partial charge in [-0.05, 0) is 43.9 Å². The molecule has 0 spiro atoms. The van der Waals surface area contributed by atoms with E-state index in [4.69, 9.17) is 10.5 Å². The fourth-order valence-electron chi connectivity index (χ4n) is 2.51. The molecule has 1 aliphatic rings. The van der Waals surface area contributed by atoms with Crippen LogP contribution in [0.2, 0.25) is 0 Å². The maximum atomic E-state index is 12.5. The van der Waals surface area contributed by atoms with E-state index in [0.29, 0.717) is 24.4 Å². The number of ether oxygens (including phenoxy) is 1. The van der Waals surface area contributed by atoms with Gasteiger partial charge in [0, 0.05) is 24.4 Å². The van der Waals surface area contributed by atoms with Gasteiger partial charge >= 0.3 is 0 Å². The van der Waals surface area contributed by atoms with Gasteiger partial charge in [0.15, 0.2) is 0 Å². The second-order valence-electron chi connectivity index (χ2n) is 6.80. The first-order chi connectivity index (χ1) is 11.4. The zero-order valence-electron chi connectivity index (χ0n) is 15.0. The van der Waals surface area contributed by atoms with Gasteiger partial charge in [-0.15, -0.1) is 12.4 Å². The van der Waals surface area contributed by atoms with Crippen LogP contribution in [-0.4, -0.2) is 36.6 Å². The van der Waals surface area contributed by atoms with Crippen LogP contribution in [0.15, 0.2) is 24.3 Å². The van der Waals surface area contributed by atoms with Gasteiger partial charge < -0.3 is 21.1 Å². The molecule has 6 nitrogen and oxygen atoms in total. The van der Waals surface area contributed by atoms with Gasteiger partial charge in [0.05, 0.1) is 5.54 Å². The molecule has 1 aromatic rings. The molecule has 1 saturated heterocycles. The van der Waals surface area contributed by atoms with Crippen molar-refractivity contribution in [2.75, 3.05) is 18.5 Å². The molecule has 1 fully saturated rings. The van der Waals surface area contributed by atoms with E-state index < -0.39 is 11.6 Å². The first-order valence-electron chi connectivity index (χ1n) is 8.41. The molecule has 1 aliphatic heterocycles. The molecule has 4 N–H and O–H groups in total. The second kappa shape index (κ2) is 9.17. The Balaban J connectivity index is 0.00000312. The lowest BCUT2D eigenvalue weighted by molar-refractivity contribution is -0.124. The fourth-order valence-corrected chi connectivity index (χ4v) is 2.51. The number of nitrogens with one attached hydrogen (secondary N) is 2. The molecule has 2 rings (SSSR count). The van der Waals surface area contributed by atoms with Crippen molar-refractivity contribution >= 4 is 29.9 Å². The number of halogens is 1. The summed E-state index contributed by atoms with van der Waals surface area (Å²) < 4.78 is 5.37. The molecule has 0 bridgehead atoms. The molecule has 0 saturated carbocycles. The summed E-state index contributed by atoms with van der Waals surface area (Å²) >= 11 is 0. The van der Waals surface area contributed by atoms with Crippen molar-refractivity contribution in [2.24, 2.45) is 11.7 Å². The Hall–Kier alpha value is -1.63. The number of carbonyl (C=O) groups excluding carboxylic acids is 2. The normalized spacial score (nSPS) is 19.0. The van der Waals surface area contributed by atoms with Crippen molar-refractivity contribution in [3.8, 4) is 0 Å². The Bertz CT molecular complexity index is 603. The number of hydrogen-bond acceptors (Lipinski definition) is 4. The molecule has 25 heavy (non-hydrogen) atoms. The lowest BCUT2D eigenvalue weighted by atomic mass is 9.88. The highest BCUT2D eigenvalue weighted by molar-refractivity contribution is 5.98. The standard InChI is InChI=1S/C18H27N3O3.ClH/c1-12(2)18(3,11-19)21-16(22)13-6-4-7-14(10-13)20-17(23)15-8-5-9-24-15;/h4,6-7,10,12,15H,5,8-9,11,19H2,1-3H3,(H,20,23)(H,21,22);1H. The molecule has 2 unspecified atom stereocenters. The zero-order chi connectivity index (χ0) is 17.7. The largest absolute Gasteiger partial charge is 0.368 e. The van der Waals surface area contributed by atoms with Crippen LogP contribution in [0.3, 0.4) is 0 Å². The van der Waals surface area contributed by atoms with E-state index in [-0.39, 0.29) is 30.1 Å². The van der Waals surface area contributed by atoms with Crippen molar-refractivity contribution in [3.05, 3.63) is 29.8 Å². The van der Waals surface area contributed by atoms with Crippen LogP contribution < -0.4 is 16.4 Å². The number of carbonyl (C=O) groups is 2. The highest BCUT2D eigenvalue weighted by Crippen LogP contribution is 2.18. The molecule has 1 aromatic carbocycles. The summed E-state index contributed by atoms with van der Waals surface area (Å²) in [6, 6.07) is 6.89. The van der Waals surface area contributed by atoms with Crippen LogP contribution in [0.1, 0.15) is 44.0 Å². The predicted molar refractivity (Wildman–Crippen MR) is 101 cm³/mol. The Morgan fingerprint density at radius 3 is 2.68 bits per heavy atom. The molecule has 7 heteroatoms. The highest BCUT2D eigenvalue weighted by Gasteiger charge is 2.29. The summed E-state index contributed by atoms with van der Waals surface area (Å²) in [6.45, 7) is 6.94. The molecular formula is C18H28ClN3O3. The van der Waals surface area contributed by atoms with E-state index in [1.54, 1.807) is 24.3 Å². The third-order valence-corrected chi connectivity index (χ3v) is 4.71. The van der Waals surface area contributed by atoms with Crippen LogP contribution in [0.25, 0.3) is 0 Å². The van der Waals surface area contributed by atoms with Gasteiger partial charge in [-0.3, -0.25) is 9.59 Å². The SMILES string of the molecule is CC(C)C(C)(CN)NC(=O)c1cccc(NC(=O)C2CCCO2)c1.Cl. The van der Waals surface area contributed by atoms with Gasteiger partial charge in [-0.25, -0.2) is 0 Å². The van der Waals surface area contributed by atoms with Gasteiger partial charge in [-0.2, -0.15) is 0 Å². The number of anilines is 1. The maximum Gasteiger partial charge on any atom is 0.253 e. The Morgan fingerprint density at radius 2 is 2.12 bits per heavy atom. The number of hydrogen-bond donors (Lipinski definition) is 3. The summed E-state index contributed by atoms with van der Waals surface area (Å²) in [5.41, 5.74) is 6.41. The average molecular weight is 370 g/mol. The quantitative estimate of drug-likeness (QED) is 0.717. The van der Waals surface area contributed by atoms with Crippen LogP contribution in [-0.2, 0) is 9.53 Å². The molecule has 2 atom stereocenters. The van der Waals surface area contributed by atoms with Gasteiger partial charge in [0.1, 0.15) is 6.10 Å². The van der Waals surface area contributed by atoms with Crippen molar-refractivity contribution < 1.29 is 14.3 Å². The van der Waals surface area contributed by atoms with E-state index in [2.05, 4.69) is 10.6 Å². The van der Waals surface area contributed by atoms with E-state index in [0.717, 1.165) is 12.8 Å². The first-order valence-corrected chi connectivity index (χ1v) is 8.41. The van der Waals surface area contributed by atoms with E-state index in [1.807, 2.05) is 20.8 Å². The second-order valence-corrected chi connectivity index (χ2v) is 6.80. The molecule has 2 amide bonds. The third kappa shape index (κ3) is 5.42. The topological polar surface area (TPSA) is 93.5 Å². The minimum absolute atomic E-state index is 0. The van der Waals surface area contributed by atoms with Gasteiger partial charge in [0.2, 0.25) is 0 Å². The lowest BCUT2D eigenvalue weighted by Crippen LogP contribution is -2.55. The predicted octanol–water partition coefficient (Wildman–Crippen LogP) is 2.33. The van der Waals surface area contributed by atoms with Crippen LogP contribution in [0, 0.1) is 5.92 Å². The van der Waals surface area contributed by atoms with Gasteiger partial charge in [0.25, 0.3) is 11.8 Å². The molecule has 0 radical (unpaired) electrons. The van der Waals surface area contributed by atoms with Crippen LogP contribution in [0.5, 0.6) is 0 Å². The van der Waals surface area contributed by atoms with Crippen molar-refractivity contribution in [2.45, 2.75) is 45.3 Å². The summed E-state index contributed by atoms with van der Waals surface area (Å²) in [5.74, 6) is -0.169. The van der Waals surface area contributed by atoms with E-state index >= 15 is 0 Å². The van der Waals surface area contributed by atoms with E-state index in [9.17, 15) is 9.59 Å². The number of rotatable bonds is 6. The monoisotopic (exact) mass is 369 g/mol. The fraction of sp³-hybridized carbons (Fsp3) is 0.556. The summed E-state index contributed by atoms with van der Waals surface area (Å²) in [7, 11) is 0. The van der Waals surface area contributed by atoms with Crippen molar-refractivity contribution in [3.63, 3.8) is 0 Å². The molecule has 140 valence electrons. The molecular weight excluding hydrogens is 342 g/mol. The number of benzene rings is 1. The van der Waals surface area contributed by atoms with Crippen LogP contribution >= 0.6 is 12.4 Å². The average Bonchev–Trinajstić information content (AvgIpc) is 3.09. The van der Waals surface area contributed by atoms with Gasteiger partial charge in [-0.1, -0.05) is 19.9 Å². The lowest BCUT2D eigenvalue weighted by Gasteiger charge is -2.33. The molecule has 1 heterocycles. The van der Waals surface area contributed by atoms with E-state index in [1.165, 1.54) is 0 Å². The van der Waals surface area contributed by atoms with Crippen LogP contribution in [0.4, 0.5) is 5.69 Å². The summed E-state index contributed by atoms with van der Waals surface area (Å²) in [4.78, 5) is 24.6. The maximum absolute atomic E-state index is 12.5. The number of amides is 2. The van der Waals surface area contributed by atoms with Crippen molar-refractivity contribution in [1.82, 2.24) is 5.32 Å². The molecule has 0 aromatic heterocycles.